The standard InChI is InChI=1S/C20H17N3O2/c1-12-6-8-13(9-7-12)23-19(24)18-10-15-14-4-2-3-5-16(14)21-17(15)11-22(18)20(23)25/h2-9,18,21H,10-11H2,1H3/t18-/m0/s1. The van der Waals surface area contributed by atoms with Crippen LogP contribution in [0.25, 0.3) is 10.9 Å². The van der Waals surface area contributed by atoms with Crippen molar-refractivity contribution in [3.05, 3.63) is 65.4 Å². The van der Waals surface area contributed by atoms with Crippen molar-refractivity contribution in [1.29, 1.82) is 0 Å². The first kappa shape index (κ1) is 14.3. The number of fused-ring (bicyclic) bond motifs is 4. The van der Waals surface area contributed by atoms with Crippen LogP contribution in [0.1, 0.15) is 16.8 Å². The fourth-order valence-corrected chi connectivity index (χ4v) is 3.93. The summed E-state index contributed by atoms with van der Waals surface area (Å²) >= 11 is 0. The molecule has 1 N–H and O–H groups in total. The van der Waals surface area contributed by atoms with Gasteiger partial charge in [0.25, 0.3) is 5.91 Å². The number of H-pyrrole nitrogens is 1. The Morgan fingerprint density at radius 2 is 1.80 bits per heavy atom. The summed E-state index contributed by atoms with van der Waals surface area (Å²) in [5.41, 5.74) is 4.99. The van der Waals surface area contributed by atoms with Crippen molar-refractivity contribution >= 4 is 28.5 Å². The lowest BCUT2D eigenvalue weighted by atomic mass is 9.97. The van der Waals surface area contributed by atoms with E-state index < -0.39 is 6.04 Å². The number of anilines is 1. The Kier molecular flexibility index (Phi) is 2.83. The Morgan fingerprint density at radius 3 is 2.60 bits per heavy atom. The monoisotopic (exact) mass is 331 g/mol. The largest absolute Gasteiger partial charge is 0.357 e. The fourth-order valence-electron chi connectivity index (χ4n) is 3.93. The maximum absolute atomic E-state index is 13.0. The molecule has 3 aromatic rings. The number of nitrogens with one attached hydrogen (secondary N) is 1. The Labute approximate surface area is 144 Å². The second-order valence-electron chi connectivity index (χ2n) is 6.77. The first-order valence-electron chi connectivity index (χ1n) is 8.43. The van der Waals surface area contributed by atoms with Crippen LogP contribution in [0, 0.1) is 6.92 Å². The molecule has 0 bridgehead atoms. The smallest absolute Gasteiger partial charge is 0.332 e. The molecule has 124 valence electrons. The van der Waals surface area contributed by atoms with Crippen LogP contribution in [0.5, 0.6) is 0 Å². The molecule has 2 aromatic carbocycles. The molecule has 0 unspecified atom stereocenters. The minimum Gasteiger partial charge on any atom is -0.357 e. The predicted octanol–water partition coefficient (Wildman–Crippen LogP) is 3.37. The number of nitrogens with zero attached hydrogens (tertiary/aromatic N) is 2. The van der Waals surface area contributed by atoms with Crippen LogP contribution in [0.2, 0.25) is 0 Å². The molecule has 3 amide bonds. The lowest BCUT2D eigenvalue weighted by Gasteiger charge is -2.26. The van der Waals surface area contributed by atoms with Gasteiger partial charge in [-0.1, -0.05) is 35.9 Å². The summed E-state index contributed by atoms with van der Waals surface area (Å²) in [7, 11) is 0. The van der Waals surface area contributed by atoms with Gasteiger partial charge < -0.3 is 9.88 Å². The maximum atomic E-state index is 13.0. The highest BCUT2D eigenvalue weighted by Crippen LogP contribution is 2.35. The molecule has 3 heterocycles. The van der Waals surface area contributed by atoms with Crippen LogP contribution in [-0.4, -0.2) is 27.9 Å². The van der Waals surface area contributed by atoms with Crippen molar-refractivity contribution in [2.24, 2.45) is 0 Å². The van der Waals surface area contributed by atoms with Gasteiger partial charge in [0.2, 0.25) is 0 Å². The number of amides is 3. The summed E-state index contributed by atoms with van der Waals surface area (Å²) in [6.07, 6.45) is 0.562. The number of urea groups is 1. The van der Waals surface area contributed by atoms with Crippen molar-refractivity contribution in [3.63, 3.8) is 0 Å². The third kappa shape index (κ3) is 1.95. The van der Waals surface area contributed by atoms with Gasteiger partial charge in [-0.05, 0) is 30.7 Å². The normalized spacial score (nSPS) is 19.5. The lowest BCUT2D eigenvalue weighted by Crippen LogP contribution is -2.39. The van der Waals surface area contributed by atoms with Crippen LogP contribution < -0.4 is 4.90 Å². The minimum absolute atomic E-state index is 0.134. The van der Waals surface area contributed by atoms with Gasteiger partial charge in [0, 0.05) is 23.0 Å². The first-order valence-corrected chi connectivity index (χ1v) is 8.43. The molecule has 1 atom stereocenters. The number of aryl methyl sites for hydroxylation is 1. The number of rotatable bonds is 1. The van der Waals surface area contributed by atoms with E-state index in [0.29, 0.717) is 18.7 Å². The molecule has 2 aliphatic rings. The summed E-state index contributed by atoms with van der Waals surface area (Å²) in [5, 5.41) is 1.14. The number of benzene rings is 2. The molecular weight excluding hydrogens is 314 g/mol. The molecule has 5 rings (SSSR count). The van der Waals surface area contributed by atoms with Gasteiger partial charge in [-0.2, -0.15) is 0 Å². The zero-order chi connectivity index (χ0) is 17.1. The highest BCUT2D eigenvalue weighted by molar-refractivity contribution is 6.21. The van der Waals surface area contributed by atoms with E-state index >= 15 is 0 Å². The zero-order valence-electron chi connectivity index (χ0n) is 13.8. The van der Waals surface area contributed by atoms with Crippen molar-refractivity contribution < 1.29 is 9.59 Å². The molecule has 5 heteroatoms. The van der Waals surface area contributed by atoms with Gasteiger partial charge in [-0.15, -0.1) is 0 Å². The summed E-state index contributed by atoms with van der Waals surface area (Å²) in [6.45, 7) is 2.43. The van der Waals surface area contributed by atoms with E-state index in [9.17, 15) is 9.59 Å². The van der Waals surface area contributed by atoms with Crippen LogP contribution in [0.3, 0.4) is 0 Å². The number of para-hydroxylation sites is 1. The average molecular weight is 331 g/mol. The fraction of sp³-hybridized carbons (Fsp3) is 0.200. The molecule has 5 nitrogen and oxygen atoms in total. The van der Waals surface area contributed by atoms with E-state index in [1.165, 1.54) is 4.90 Å². The molecule has 0 radical (unpaired) electrons. The van der Waals surface area contributed by atoms with Crippen molar-refractivity contribution in [2.45, 2.75) is 25.9 Å². The van der Waals surface area contributed by atoms with Crippen LogP contribution in [0.15, 0.2) is 48.5 Å². The molecule has 2 aliphatic heterocycles. The van der Waals surface area contributed by atoms with Gasteiger partial charge in [-0.25, -0.2) is 9.69 Å². The number of aromatic nitrogens is 1. The molecule has 1 fully saturated rings. The maximum Gasteiger partial charge on any atom is 0.332 e. The lowest BCUT2D eigenvalue weighted by molar-refractivity contribution is -0.119. The topological polar surface area (TPSA) is 56.4 Å². The second kappa shape index (κ2) is 4.96. The SMILES string of the molecule is Cc1ccc(N2C(=O)[C@@H]3Cc4c([nH]c5ccccc45)CN3C2=O)cc1. The third-order valence-electron chi connectivity index (χ3n) is 5.24. The van der Waals surface area contributed by atoms with E-state index in [4.69, 9.17) is 0 Å². The Hall–Kier alpha value is -3.08. The Bertz CT molecular complexity index is 1020. The van der Waals surface area contributed by atoms with Crippen molar-refractivity contribution in [3.8, 4) is 0 Å². The van der Waals surface area contributed by atoms with Crippen LogP contribution >= 0.6 is 0 Å². The van der Waals surface area contributed by atoms with Crippen molar-refractivity contribution in [2.75, 3.05) is 4.90 Å². The van der Waals surface area contributed by atoms with Gasteiger partial charge in [0.05, 0.1) is 12.2 Å². The quantitative estimate of drug-likeness (QED) is 0.695. The van der Waals surface area contributed by atoms with Gasteiger partial charge in [0.15, 0.2) is 0 Å². The van der Waals surface area contributed by atoms with Gasteiger partial charge in [0.1, 0.15) is 6.04 Å². The number of hydrogen-bond acceptors (Lipinski definition) is 2. The summed E-state index contributed by atoms with van der Waals surface area (Å²) in [4.78, 5) is 32.2. The van der Waals surface area contributed by atoms with Crippen molar-refractivity contribution in [1.82, 2.24) is 9.88 Å². The number of carbonyl (C=O) groups excluding carboxylic acids is 2. The number of imide groups is 1. The number of aromatic amines is 1. The van der Waals surface area contributed by atoms with Gasteiger partial charge >= 0.3 is 6.03 Å². The predicted molar refractivity (Wildman–Crippen MR) is 95.4 cm³/mol. The van der Waals surface area contributed by atoms with E-state index in [-0.39, 0.29) is 11.9 Å². The molecule has 0 spiro atoms. The third-order valence-corrected chi connectivity index (χ3v) is 5.24. The first-order chi connectivity index (χ1) is 12.1. The molecule has 1 saturated heterocycles. The highest BCUT2D eigenvalue weighted by atomic mass is 16.2. The summed E-state index contributed by atoms with van der Waals surface area (Å²) in [6, 6.07) is 14.9. The van der Waals surface area contributed by atoms with E-state index in [0.717, 1.165) is 27.7 Å². The average Bonchev–Trinajstić information content (AvgIpc) is 3.10. The number of carbonyl (C=O) groups is 2. The van der Waals surface area contributed by atoms with E-state index in [1.54, 1.807) is 4.90 Å². The summed E-state index contributed by atoms with van der Waals surface area (Å²) < 4.78 is 0. The molecule has 0 saturated carbocycles. The van der Waals surface area contributed by atoms with Gasteiger partial charge in [-0.3, -0.25) is 4.79 Å². The van der Waals surface area contributed by atoms with Crippen LogP contribution in [-0.2, 0) is 17.8 Å². The Balaban J connectivity index is 1.55. The van der Waals surface area contributed by atoms with E-state index in [2.05, 4.69) is 11.1 Å². The van der Waals surface area contributed by atoms with E-state index in [1.807, 2.05) is 49.4 Å². The molecule has 0 aliphatic carbocycles. The van der Waals surface area contributed by atoms with Crippen LogP contribution in [0.4, 0.5) is 10.5 Å². The molecular formula is C20H17N3O2. The molecule has 1 aromatic heterocycles. The molecule has 25 heavy (non-hydrogen) atoms. The zero-order valence-corrected chi connectivity index (χ0v) is 13.8. The second-order valence-corrected chi connectivity index (χ2v) is 6.77. The Morgan fingerprint density at radius 1 is 1.04 bits per heavy atom. The minimum atomic E-state index is -0.416. The summed E-state index contributed by atoms with van der Waals surface area (Å²) in [5.74, 6) is -0.134. The highest BCUT2D eigenvalue weighted by Gasteiger charge is 2.48. The number of hydrogen-bond donors (Lipinski definition) is 1.